The van der Waals surface area contributed by atoms with Crippen LogP contribution in [0.5, 0.6) is 0 Å². The molecule has 6 bridgehead atoms. The molecule has 2 aromatic carbocycles. The van der Waals surface area contributed by atoms with Crippen LogP contribution < -0.4 is 11.1 Å². The molecule has 0 aliphatic carbocycles. The van der Waals surface area contributed by atoms with E-state index >= 15 is 0 Å². The van der Waals surface area contributed by atoms with Crippen molar-refractivity contribution in [1.29, 1.82) is 0 Å². The number of nitrogens with zero attached hydrogens (tertiary/aromatic N) is 13. The second-order valence-electron chi connectivity index (χ2n) is 27.3. The number of hydrogen-bond donors (Lipinski definition) is 3. The van der Waals surface area contributed by atoms with Crippen LogP contribution in [0.15, 0.2) is 48.5 Å². The third-order valence-electron chi connectivity index (χ3n) is 20.9. The first-order valence-corrected chi connectivity index (χ1v) is 33.7. The van der Waals surface area contributed by atoms with Gasteiger partial charge in [0.2, 0.25) is 17.7 Å². The average molecular weight is 1360 g/mol. The summed E-state index contributed by atoms with van der Waals surface area (Å²) in [4.78, 5) is 91.3. The maximum absolute atomic E-state index is 13.2. The van der Waals surface area contributed by atoms with Crippen molar-refractivity contribution in [3.05, 3.63) is 59.9 Å². The minimum atomic E-state index is -0.981. The number of aromatic nitrogens is 4. The number of aromatic carboxylic acids is 1. The molecule has 0 radical (unpaired) electrons. The van der Waals surface area contributed by atoms with Crippen molar-refractivity contribution in [3.63, 3.8) is 0 Å². The SMILES string of the molecule is CC(=O)N1CCN(CCN2C3CCC2CC(=O)C3)CC1.CC(=O)N1CCN(CCN2C3CCC2CC(N)C3)CC1.CC(=O)N1CCN(CCN2C3CCC2CC(NC(=O)c2nn(C(C)C)c4ccccc24)C3)CC1.CC(C)n1nc(C(=O)O)c2ccccc21.I. The zero-order valence-corrected chi connectivity index (χ0v) is 57.1. The summed E-state index contributed by atoms with van der Waals surface area (Å²) in [5.41, 5.74) is 8.68. The van der Waals surface area contributed by atoms with Gasteiger partial charge in [-0.2, -0.15) is 10.2 Å². The number of halogens is 1. The molecule has 0 saturated carbocycles. The minimum absolute atomic E-state index is 0. The van der Waals surface area contributed by atoms with Crippen LogP contribution in [0.25, 0.3) is 21.8 Å². The van der Waals surface area contributed by atoms with Crippen LogP contribution in [0.2, 0.25) is 0 Å². The number of nitrogens with two attached hydrogens (primary N) is 1. The standard InChI is InChI=1S/C26H38N6O2.C15H28N4O.C15H25N3O2.C11H12N2O2.HI/c1-18(2)32-24-7-5-4-6-23(24)25(28-32)26(34)27-20-16-21-8-9-22(17-20)31(21)15-12-29-10-13-30(14-11-29)19(3)33;1-12(20)18-7-4-17(5-8-18)6-9-19-14-2-3-15(19)11-13(16)10-14;1-12(19)17-7-4-16(5-8-17)6-9-18-13-2-3-14(18)11-15(20)10-13;1-7(2)13-9-6-4-3-5-8(9)10(12-13)11(14)15;/h4-7,18,20-22H,8-17H2,1-3H3,(H,27,34);13-15H,2-11,16H2,1H3;13-14H,2-11H2,1H3;3-7H,1-2H3,(H,14,15);1H. The van der Waals surface area contributed by atoms with E-state index in [1.54, 1.807) is 31.5 Å². The van der Waals surface area contributed by atoms with Crippen LogP contribution in [-0.2, 0) is 19.2 Å². The molecule has 496 valence electrons. The highest BCUT2D eigenvalue weighted by molar-refractivity contribution is 14.0. The van der Waals surface area contributed by atoms with Gasteiger partial charge in [0.15, 0.2) is 11.4 Å². The smallest absolute Gasteiger partial charge is 0.357 e. The minimum Gasteiger partial charge on any atom is -0.476 e. The molecule has 22 nitrogen and oxygen atoms in total. The van der Waals surface area contributed by atoms with Crippen LogP contribution in [-0.4, -0.2) is 270 Å². The fourth-order valence-corrected chi connectivity index (χ4v) is 16.0. The number of carboxylic acids is 1. The van der Waals surface area contributed by atoms with Gasteiger partial charge in [0, 0.05) is 223 Å². The first-order chi connectivity index (χ1) is 42.8. The summed E-state index contributed by atoms with van der Waals surface area (Å²) in [6.07, 6.45) is 13.5. The van der Waals surface area contributed by atoms with E-state index in [9.17, 15) is 28.8 Å². The molecule has 11 heterocycles. The second-order valence-corrected chi connectivity index (χ2v) is 27.3. The van der Waals surface area contributed by atoms with E-state index in [4.69, 9.17) is 10.8 Å². The number of hydrogen-bond acceptors (Lipinski definition) is 15. The van der Waals surface area contributed by atoms with E-state index < -0.39 is 5.97 Å². The number of carboxylic acid groups (broad SMARTS) is 1. The fourth-order valence-electron chi connectivity index (χ4n) is 16.0. The van der Waals surface area contributed by atoms with Gasteiger partial charge >= 0.3 is 5.97 Å². The maximum Gasteiger partial charge on any atom is 0.357 e. The summed E-state index contributed by atoms with van der Waals surface area (Å²) in [5, 5.41) is 22.7. The maximum atomic E-state index is 13.2. The van der Waals surface area contributed by atoms with Gasteiger partial charge in [-0.25, -0.2) is 4.79 Å². The molecule has 9 fully saturated rings. The van der Waals surface area contributed by atoms with Gasteiger partial charge < -0.3 is 30.9 Å². The number of piperazine rings is 3. The molecule has 23 heteroatoms. The predicted octanol–water partition coefficient (Wildman–Crippen LogP) is 5.89. The fraction of sp³-hybridized carbons (Fsp3) is 0.701. The third-order valence-corrected chi connectivity index (χ3v) is 20.9. The normalized spacial score (nSPS) is 26.6. The van der Waals surface area contributed by atoms with Crippen molar-refractivity contribution < 1.29 is 33.9 Å². The summed E-state index contributed by atoms with van der Waals surface area (Å²) in [6.45, 7) is 30.9. The van der Waals surface area contributed by atoms with Crippen molar-refractivity contribution in [2.45, 2.75) is 186 Å². The third kappa shape index (κ3) is 17.0. The summed E-state index contributed by atoms with van der Waals surface area (Å²) >= 11 is 0. The van der Waals surface area contributed by atoms with E-state index in [0.717, 1.165) is 165 Å². The lowest BCUT2D eigenvalue weighted by atomic mass is 9.97. The van der Waals surface area contributed by atoms with E-state index in [2.05, 4.69) is 58.8 Å². The Hall–Kier alpha value is -5.15. The van der Waals surface area contributed by atoms with Crippen molar-refractivity contribution in [2.24, 2.45) is 5.73 Å². The quantitative estimate of drug-likeness (QED) is 0.125. The summed E-state index contributed by atoms with van der Waals surface area (Å²) in [7, 11) is 0. The number of fused-ring (bicyclic) bond motifs is 8. The number of carbonyl (C=O) groups is 6. The van der Waals surface area contributed by atoms with Gasteiger partial charge in [-0.3, -0.25) is 62.7 Å². The monoisotopic (exact) mass is 1360 g/mol. The van der Waals surface area contributed by atoms with Gasteiger partial charge in [-0.1, -0.05) is 36.4 Å². The van der Waals surface area contributed by atoms with Gasteiger partial charge in [0.1, 0.15) is 5.78 Å². The Morgan fingerprint density at radius 2 is 0.833 bits per heavy atom. The first kappa shape index (κ1) is 69.2. The number of para-hydroxylation sites is 2. The van der Waals surface area contributed by atoms with E-state index in [1.807, 2.05) is 75.7 Å². The Bertz CT molecular complexity index is 3030. The topological polar surface area (TPSA) is 225 Å². The number of nitrogens with one attached hydrogen (secondary N) is 1. The van der Waals surface area contributed by atoms with Gasteiger partial charge in [-0.05, 0) is 104 Å². The Balaban J connectivity index is 0.000000149. The largest absolute Gasteiger partial charge is 0.476 e. The van der Waals surface area contributed by atoms with E-state index in [0.29, 0.717) is 47.1 Å². The second kappa shape index (κ2) is 31.7. The molecule has 9 saturated heterocycles. The van der Waals surface area contributed by atoms with Gasteiger partial charge in [0.05, 0.1) is 11.0 Å². The van der Waals surface area contributed by atoms with Crippen LogP contribution >= 0.6 is 24.0 Å². The molecule has 4 amide bonds. The molecule has 6 atom stereocenters. The molecule has 6 unspecified atom stereocenters. The molecule has 2 aromatic heterocycles. The lowest BCUT2D eigenvalue weighted by Crippen LogP contribution is -2.54. The van der Waals surface area contributed by atoms with Crippen LogP contribution in [0.3, 0.4) is 0 Å². The molecule has 13 rings (SSSR count). The molecular weight excluding hydrogens is 1250 g/mol. The van der Waals surface area contributed by atoms with Crippen LogP contribution in [0, 0.1) is 0 Å². The Labute approximate surface area is 550 Å². The molecule has 9 aliphatic rings. The molecule has 4 aromatic rings. The first-order valence-electron chi connectivity index (χ1n) is 33.7. The van der Waals surface area contributed by atoms with Crippen molar-refractivity contribution >= 4 is 81.2 Å². The van der Waals surface area contributed by atoms with Crippen molar-refractivity contribution in [3.8, 4) is 0 Å². The number of carbonyl (C=O) groups excluding carboxylic acids is 5. The number of benzene rings is 2. The van der Waals surface area contributed by atoms with Gasteiger partial charge in [0.25, 0.3) is 5.91 Å². The van der Waals surface area contributed by atoms with Crippen LogP contribution in [0.1, 0.15) is 159 Å². The molecule has 9 aliphatic heterocycles. The summed E-state index contributed by atoms with van der Waals surface area (Å²) in [6, 6.07) is 20.0. The summed E-state index contributed by atoms with van der Waals surface area (Å²) in [5.74, 6) is 0.0296. The van der Waals surface area contributed by atoms with Gasteiger partial charge in [-0.15, -0.1) is 24.0 Å². The molecule has 4 N–H and O–H groups in total. The highest BCUT2D eigenvalue weighted by Gasteiger charge is 2.43. The Morgan fingerprint density at radius 1 is 0.500 bits per heavy atom. The number of amides is 4. The zero-order chi connectivity index (χ0) is 63.0. The number of piperidine rings is 3. The van der Waals surface area contributed by atoms with Crippen LogP contribution in [0.4, 0.5) is 0 Å². The number of rotatable bonds is 14. The molecule has 0 spiro atoms. The number of Topliss-reactive ketones (excluding diaryl/α,β-unsaturated/α-hetero) is 1. The molecule has 90 heavy (non-hydrogen) atoms. The van der Waals surface area contributed by atoms with Crippen molar-refractivity contribution in [1.82, 2.24) is 69.0 Å². The number of ketones is 1. The summed E-state index contributed by atoms with van der Waals surface area (Å²) < 4.78 is 3.69. The van der Waals surface area contributed by atoms with E-state index in [-0.39, 0.29) is 71.4 Å². The lowest BCUT2D eigenvalue weighted by molar-refractivity contribution is -0.131. The highest BCUT2D eigenvalue weighted by atomic mass is 127. The van der Waals surface area contributed by atoms with Crippen molar-refractivity contribution in [2.75, 3.05) is 118 Å². The van der Waals surface area contributed by atoms with E-state index in [1.165, 1.54) is 57.9 Å². The highest BCUT2D eigenvalue weighted by Crippen LogP contribution is 2.38. The Kier molecular flexibility index (Phi) is 24.3. The molecular formula is C67H104IN15O7. The zero-order valence-electron chi connectivity index (χ0n) is 54.8. The lowest BCUT2D eigenvalue weighted by Gasteiger charge is -2.41. The average Bonchev–Trinajstić information content (AvgIpc) is 1.71. The Morgan fingerprint density at radius 3 is 1.20 bits per heavy atom. The predicted molar refractivity (Wildman–Crippen MR) is 361 cm³/mol.